The molecule has 0 N–H and O–H groups in total. The molecule has 0 bridgehead atoms. The quantitative estimate of drug-likeness (QED) is 0.158. The summed E-state index contributed by atoms with van der Waals surface area (Å²) in [5, 5.41) is 2.71. The predicted octanol–water partition coefficient (Wildman–Crippen LogP) is 12.4. The van der Waals surface area contributed by atoms with Crippen LogP contribution in [0.5, 0.6) is 0 Å². The van der Waals surface area contributed by atoms with Crippen LogP contribution >= 0.6 is 0 Å². The normalized spacial score (nSPS) is 13.7. The first-order chi connectivity index (χ1) is 31.3. The van der Waals surface area contributed by atoms with E-state index in [-0.39, 0.29) is 37.9 Å². The monoisotopic (exact) mass is 927 g/mol. The topological polar surface area (TPSA) is 22.8 Å². The molecule has 9 aromatic rings. The molecule has 4 heterocycles. The molecule has 0 spiro atoms. The van der Waals surface area contributed by atoms with Gasteiger partial charge in [-0.3, -0.25) is 0 Å². The average Bonchev–Trinajstić information content (AvgIpc) is 3.82. The standard InChI is InChI=1S/C61H62BN3Se/c1-35(2)43-20-17-21-44(36(3)4)56(43)65-51-23-15-14-22-49(51)63-58(65)38-19-16-18-37(28-38)39-29-52-55-54(30-39)66-53-27-25-41(60(8,9)10)33-47(53)62(55)48-34-42(61(11,12)13)32-46-45-31-40(59(5,6)7)24-26-50(45)64(52)57(46)48/h14-36H,1-13H3. The summed E-state index contributed by atoms with van der Waals surface area (Å²) >= 11 is 0.113. The van der Waals surface area contributed by atoms with Crippen LogP contribution in [-0.4, -0.2) is 35.8 Å². The number of hydrogen-bond donors (Lipinski definition) is 0. The molecule has 66 heavy (non-hydrogen) atoms. The minimum atomic E-state index is -0.0127. The molecule has 0 saturated carbocycles. The maximum absolute atomic E-state index is 5.46. The van der Waals surface area contributed by atoms with Gasteiger partial charge in [-0.25, -0.2) is 0 Å². The van der Waals surface area contributed by atoms with Crippen molar-refractivity contribution in [3.63, 3.8) is 0 Å². The Morgan fingerprint density at radius 2 is 1.12 bits per heavy atom. The van der Waals surface area contributed by atoms with Gasteiger partial charge in [0.25, 0.3) is 0 Å². The van der Waals surface area contributed by atoms with E-state index < -0.39 is 0 Å². The number of benzene rings is 7. The van der Waals surface area contributed by atoms with Crippen LogP contribution in [0.3, 0.4) is 0 Å². The van der Waals surface area contributed by atoms with E-state index in [2.05, 4.69) is 227 Å². The summed E-state index contributed by atoms with van der Waals surface area (Å²) in [5.41, 5.74) is 22.3. The summed E-state index contributed by atoms with van der Waals surface area (Å²) in [7, 11) is 0. The zero-order valence-corrected chi connectivity index (χ0v) is 42.8. The Bertz CT molecular complexity index is 3440. The van der Waals surface area contributed by atoms with E-state index in [0.29, 0.717) is 11.8 Å². The van der Waals surface area contributed by atoms with Gasteiger partial charge in [-0.15, -0.1) is 0 Å². The third-order valence-electron chi connectivity index (χ3n) is 14.6. The van der Waals surface area contributed by atoms with Crippen molar-refractivity contribution < 1.29 is 0 Å². The fourth-order valence-corrected chi connectivity index (χ4v) is 13.4. The fraction of sp³-hybridized carbons (Fsp3) is 0.295. The molecule has 2 aromatic heterocycles. The van der Waals surface area contributed by atoms with Crippen LogP contribution in [0.25, 0.3) is 66.7 Å². The number of nitrogens with zero attached hydrogens (tertiary/aromatic N) is 3. The Labute approximate surface area is 398 Å². The molecular formula is C61H62BN3Se. The molecular weight excluding hydrogens is 864 g/mol. The number of imidazole rings is 1. The number of fused-ring (bicyclic) bond motifs is 8. The van der Waals surface area contributed by atoms with Crippen molar-refractivity contribution >= 4 is 79.8 Å². The summed E-state index contributed by atoms with van der Waals surface area (Å²) in [6, 6.07) is 49.7. The molecule has 0 amide bonds. The third kappa shape index (κ3) is 6.70. The van der Waals surface area contributed by atoms with Gasteiger partial charge in [-0.1, -0.05) is 0 Å². The molecule has 5 heteroatoms. The van der Waals surface area contributed by atoms with Crippen molar-refractivity contribution in [2.45, 2.75) is 118 Å². The summed E-state index contributed by atoms with van der Waals surface area (Å²) in [6.07, 6.45) is 0. The first-order valence-corrected chi connectivity index (χ1v) is 25.8. The molecule has 0 atom stereocenters. The number of para-hydroxylation sites is 3. The van der Waals surface area contributed by atoms with Crippen LogP contribution in [0.1, 0.15) is 130 Å². The van der Waals surface area contributed by atoms with Gasteiger partial charge in [-0.05, 0) is 0 Å². The fourth-order valence-electron chi connectivity index (χ4n) is 10.9. The maximum atomic E-state index is 5.46. The second-order valence-electron chi connectivity index (χ2n) is 22.9. The van der Waals surface area contributed by atoms with Gasteiger partial charge < -0.3 is 0 Å². The Morgan fingerprint density at radius 1 is 0.500 bits per heavy atom. The van der Waals surface area contributed by atoms with Gasteiger partial charge in [0.1, 0.15) is 0 Å². The van der Waals surface area contributed by atoms with Gasteiger partial charge >= 0.3 is 401 Å². The Kier molecular flexibility index (Phi) is 9.74. The second kappa shape index (κ2) is 14.9. The van der Waals surface area contributed by atoms with Crippen LogP contribution in [0.2, 0.25) is 0 Å². The molecule has 2 aliphatic rings. The number of hydrogen-bond acceptors (Lipinski definition) is 1. The van der Waals surface area contributed by atoms with Crippen LogP contribution in [-0.2, 0) is 16.2 Å². The van der Waals surface area contributed by atoms with Crippen molar-refractivity contribution in [2.24, 2.45) is 0 Å². The van der Waals surface area contributed by atoms with Crippen LogP contribution in [0.15, 0.2) is 127 Å². The molecule has 0 unspecified atom stereocenters. The number of aromatic nitrogens is 3. The van der Waals surface area contributed by atoms with Crippen LogP contribution in [0.4, 0.5) is 0 Å². The van der Waals surface area contributed by atoms with Crippen molar-refractivity contribution in [1.29, 1.82) is 0 Å². The van der Waals surface area contributed by atoms with E-state index >= 15 is 0 Å². The van der Waals surface area contributed by atoms with Crippen LogP contribution < -0.4 is 25.3 Å². The molecule has 2 aliphatic heterocycles. The van der Waals surface area contributed by atoms with E-state index in [9.17, 15) is 0 Å². The second-order valence-corrected chi connectivity index (χ2v) is 25.2. The van der Waals surface area contributed by atoms with E-state index in [1.807, 2.05) is 0 Å². The summed E-state index contributed by atoms with van der Waals surface area (Å²) in [5.74, 6) is 1.68. The van der Waals surface area contributed by atoms with Gasteiger partial charge in [0.15, 0.2) is 0 Å². The molecule has 7 aromatic carbocycles. The van der Waals surface area contributed by atoms with Gasteiger partial charge in [0.2, 0.25) is 0 Å². The Hall–Kier alpha value is -5.61. The van der Waals surface area contributed by atoms with E-state index in [1.54, 1.807) is 0 Å². The summed E-state index contributed by atoms with van der Waals surface area (Å²) < 4.78 is 8.10. The molecule has 3 nitrogen and oxygen atoms in total. The van der Waals surface area contributed by atoms with Crippen molar-refractivity contribution in [3.05, 3.63) is 155 Å². The van der Waals surface area contributed by atoms with Crippen molar-refractivity contribution in [3.8, 4) is 33.9 Å². The Balaban J connectivity index is 1.19. The zero-order valence-electron chi connectivity index (χ0n) is 41.1. The van der Waals surface area contributed by atoms with Crippen molar-refractivity contribution in [2.75, 3.05) is 0 Å². The minimum absolute atomic E-state index is 0.0127. The molecule has 0 fully saturated rings. The molecule has 0 aliphatic carbocycles. The number of rotatable bonds is 5. The zero-order chi connectivity index (χ0) is 46.4. The first kappa shape index (κ1) is 43.0. The Morgan fingerprint density at radius 3 is 1.82 bits per heavy atom. The molecule has 0 radical (unpaired) electrons. The van der Waals surface area contributed by atoms with Crippen LogP contribution in [0, 0.1) is 0 Å². The first-order valence-electron chi connectivity index (χ1n) is 24.1. The van der Waals surface area contributed by atoms with Crippen molar-refractivity contribution in [1.82, 2.24) is 14.1 Å². The van der Waals surface area contributed by atoms with Gasteiger partial charge in [0, 0.05) is 0 Å². The summed E-state index contributed by atoms with van der Waals surface area (Å²) in [4.78, 5) is 5.46. The third-order valence-corrected chi connectivity index (χ3v) is 17.0. The van der Waals surface area contributed by atoms with Gasteiger partial charge in [-0.2, -0.15) is 0 Å². The SMILES string of the molecule is CC(C)c1cccc(C(C)C)c1-n1c(-c2cccc(-c3cc4c5c(c3)-n3c6ccc(C(C)(C)C)cc6c6cc(C(C)(C)C)cc(c63)B5c3cc(C(C)(C)C)ccc3[Se]4)c2)nc2ccccc21. The van der Waals surface area contributed by atoms with E-state index in [1.165, 1.54) is 97.4 Å². The average molecular weight is 927 g/mol. The molecule has 0 saturated heterocycles. The van der Waals surface area contributed by atoms with E-state index in [0.717, 1.165) is 22.4 Å². The molecule has 11 rings (SSSR count). The summed E-state index contributed by atoms with van der Waals surface area (Å²) in [6.45, 7) is 30.6. The predicted molar refractivity (Wildman–Crippen MR) is 287 cm³/mol. The van der Waals surface area contributed by atoms with E-state index in [4.69, 9.17) is 4.98 Å². The molecule has 330 valence electrons. The van der Waals surface area contributed by atoms with Gasteiger partial charge in [0.05, 0.1) is 0 Å².